The molecule has 0 saturated carbocycles. The van der Waals surface area contributed by atoms with Gasteiger partial charge in [-0.3, -0.25) is 9.69 Å². The third kappa shape index (κ3) is 4.87. The van der Waals surface area contributed by atoms with Crippen LogP contribution >= 0.6 is 11.5 Å². The van der Waals surface area contributed by atoms with Gasteiger partial charge in [-0.25, -0.2) is 0 Å². The standard InChI is InChI=1S/C29H35N5OS/c35-28(32-15-6-1-7-16-32)14-8-9-23-21-34(26-12-4-2-10-24(23)26)22-31-17-19-33(20-18-31)29-25-11-3-5-13-27(25)36-30-29/h2-5,10-13,21H,1,6-9,14-20,22H2. The molecule has 0 spiro atoms. The first-order valence-corrected chi connectivity index (χ1v) is 14.2. The molecule has 2 saturated heterocycles. The van der Waals surface area contributed by atoms with Crippen molar-refractivity contribution in [3.8, 4) is 0 Å². The Bertz CT molecular complexity index is 1330. The van der Waals surface area contributed by atoms with Crippen molar-refractivity contribution in [1.29, 1.82) is 0 Å². The smallest absolute Gasteiger partial charge is 0.222 e. The summed E-state index contributed by atoms with van der Waals surface area (Å²) < 4.78 is 8.43. The number of anilines is 1. The lowest BCUT2D eigenvalue weighted by Crippen LogP contribution is -2.46. The van der Waals surface area contributed by atoms with Gasteiger partial charge in [0.1, 0.15) is 5.82 Å². The minimum atomic E-state index is 0.337. The van der Waals surface area contributed by atoms with Crippen LogP contribution < -0.4 is 4.90 Å². The van der Waals surface area contributed by atoms with Crippen molar-refractivity contribution >= 4 is 44.2 Å². The van der Waals surface area contributed by atoms with Crippen LogP contribution in [0.5, 0.6) is 0 Å². The van der Waals surface area contributed by atoms with Crippen molar-refractivity contribution in [2.45, 2.75) is 45.2 Å². The van der Waals surface area contributed by atoms with Crippen molar-refractivity contribution < 1.29 is 4.79 Å². The number of likely N-dealkylation sites (tertiary alicyclic amines) is 1. The molecule has 0 N–H and O–H groups in total. The number of hydrogen-bond acceptors (Lipinski definition) is 5. The van der Waals surface area contributed by atoms with Crippen LogP contribution in [0.25, 0.3) is 21.0 Å². The predicted molar refractivity (Wildman–Crippen MR) is 149 cm³/mol. The molecular formula is C29H35N5OS. The SMILES string of the molecule is O=C(CCCc1cn(CN2CCN(c3nsc4ccccc34)CC2)c2ccccc12)N1CCCCC1. The Balaban J connectivity index is 1.08. The Morgan fingerprint density at radius 2 is 1.61 bits per heavy atom. The molecule has 2 aromatic heterocycles. The Morgan fingerprint density at radius 3 is 2.44 bits per heavy atom. The number of amides is 1. The average molecular weight is 502 g/mol. The summed E-state index contributed by atoms with van der Waals surface area (Å²) in [5.41, 5.74) is 2.66. The number of aromatic nitrogens is 2. The lowest BCUT2D eigenvalue weighted by Gasteiger charge is -2.35. The van der Waals surface area contributed by atoms with Gasteiger partial charge in [-0.05, 0) is 67.4 Å². The topological polar surface area (TPSA) is 44.6 Å². The summed E-state index contributed by atoms with van der Waals surface area (Å²) in [6.07, 6.45) is 8.45. The second kappa shape index (κ2) is 10.6. The molecule has 6 rings (SSSR count). The molecule has 0 aliphatic carbocycles. The van der Waals surface area contributed by atoms with Gasteiger partial charge in [-0.2, -0.15) is 4.37 Å². The maximum absolute atomic E-state index is 12.6. The van der Waals surface area contributed by atoms with Gasteiger partial charge in [0.2, 0.25) is 5.91 Å². The molecule has 0 bridgehead atoms. The van der Waals surface area contributed by atoms with E-state index >= 15 is 0 Å². The van der Waals surface area contributed by atoms with Crippen LogP contribution in [0.15, 0.2) is 54.7 Å². The number of hydrogen-bond donors (Lipinski definition) is 0. The van der Waals surface area contributed by atoms with Crippen LogP contribution in [0.4, 0.5) is 5.82 Å². The van der Waals surface area contributed by atoms with Gasteiger partial charge in [0.25, 0.3) is 0 Å². The zero-order valence-electron chi connectivity index (χ0n) is 20.9. The number of benzene rings is 2. The highest BCUT2D eigenvalue weighted by molar-refractivity contribution is 7.13. The Labute approximate surface area is 217 Å². The number of piperazine rings is 1. The first-order chi connectivity index (χ1) is 17.8. The zero-order chi connectivity index (χ0) is 24.3. The second-order valence-electron chi connectivity index (χ2n) is 10.2. The van der Waals surface area contributed by atoms with Crippen molar-refractivity contribution in [2.75, 3.05) is 44.2 Å². The Morgan fingerprint density at radius 1 is 0.861 bits per heavy atom. The minimum absolute atomic E-state index is 0.337. The molecular weight excluding hydrogens is 466 g/mol. The summed E-state index contributed by atoms with van der Waals surface area (Å²) in [6, 6.07) is 17.3. The number of piperidine rings is 1. The van der Waals surface area contributed by atoms with Gasteiger partial charge in [0, 0.05) is 68.2 Å². The van der Waals surface area contributed by atoms with Crippen molar-refractivity contribution in [3.63, 3.8) is 0 Å². The Kier molecular flexibility index (Phi) is 6.92. The lowest BCUT2D eigenvalue weighted by atomic mass is 10.1. The molecule has 2 aromatic carbocycles. The van der Waals surface area contributed by atoms with Gasteiger partial charge in [0.05, 0.1) is 11.4 Å². The van der Waals surface area contributed by atoms with Crippen LogP contribution in [0.2, 0.25) is 0 Å². The Hall–Kier alpha value is -2.90. The quantitative estimate of drug-likeness (QED) is 0.342. The first kappa shape index (κ1) is 23.5. The van der Waals surface area contributed by atoms with Crippen LogP contribution in [0.3, 0.4) is 0 Å². The van der Waals surface area contributed by atoms with E-state index in [1.54, 1.807) is 11.5 Å². The molecule has 188 valence electrons. The molecule has 0 radical (unpaired) electrons. The summed E-state index contributed by atoms with van der Waals surface area (Å²) in [5.74, 6) is 1.48. The number of nitrogens with zero attached hydrogens (tertiary/aromatic N) is 5. The van der Waals surface area contributed by atoms with Gasteiger partial charge in [-0.1, -0.05) is 30.3 Å². The van der Waals surface area contributed by atoms with E-state index in [1.165, 1.54) is 33.0 Å². The highest BCUT2D eigenvalue weighted by atomic mass is 32.1. The largest absolute Gasteiger partial charge is 0.353 e. The van der Waals surface area contributed by atoms with Gasteiger partial charge < -0.3 is 14.4 Å². The summed E-state index contributed by atoms with van der Waals surface area (Å²) in [5, 5.41) is 2.60. The van der Waals surface area contributed by atoms with E-state index in [-0.39, 0.29) is 0 Å². The fourth-order valence-corrected chi connectivity index (χ4v) is 6.58. The molecule has 1 amide bonds. The van der Waals surface area contributed by atoms with Crippen LogP contribution in [0.1, 0.15) is 37.7 Å². The second-order valence-corrected chi connectivity index (χ2v) is 11.0. The van der Waals surface area contributed by atoms with E-state index in [0.29, 0.717) is 12.3 Å². The monoisotopic (exact) mass is 501 g/mol. The molecule has 4 heterocycles. The van der Waals surface area contributed by atoms with Crippen LogP contribution in [0, 0.1) is 0 Å². The summed E-state index contributed by atoms with van der Waals surface area (Å²) in [6.45, 7) is 6.85. The molecule has 7 heteroatoms. The van der Waals surface area contributed by atoms with E-state index in [2.05, 4.69) is 74.0 Å². The van der Waals surface area contributed by atoms with Gasteiger partial charge in [-0.15, -0.1) is 0 Å². The normalized spacial score (nSPS) is 17.3. The van der Waals surface area contributed by atoms with Crippen molar-refractivity contribution in [2.24, 2.45) is 0 Å². The van der Waals surface area contributed by atoms with Crippen molar-refractivity contribution in [1.82, 2.24) is 18.7 Å². The number of rotatable bonds is 7. The van der Waals surface area contributed by atoms with Crippen LogP contribution in [-0.2, 0) is 17.9 Å². The van der Waals surface area contributed by atoms with E-state index < -0.39 is 0 Å². The molecule has 2 aliphatic rings. The van der Waals surface area contributed by atoms with Crippen molar-refractivity contribution in [3.05, 3.63) is 60.3 Å². The number of carbonyl (C=O) groups is 1. The molecule has 4 aromatic rings. The molecule has 6 nitrogen and oxygen atoms in total. The number of fused-ring (bicyclic) bond motifs is 2. The summed E-state index contributed by atoms with van der Waals surface area (Å²) >= 11 is 1.60. The molecule has 0 unspecified atom stereocenters. The highest BCUT2D eigenvalue weighted by Crippen LogP contribution is 2.30. The average Bonchev–Trinajstić information content (AvgIpc) is 3.52. The summed E-state index contributed by atoms with van der Waals surface area (Å²) in [7, 11) is 0. The van der Waals surface area contributed by atoms with E-state index in [1.807, 2.05) is 0 Å². The molecule has 0 atom stereocenters. The fourth-order valence-electron chi connectivity index (χ4n) is 5.79. The molecule has 36 heavy (non-hydrogen) atoms. The van der Waals surface area contributed by atoms with E-state index in [4.69, 9.17) is 4.37 Å². The van der Waals surface area contributed by atoms with Gasteiger partial charge in [0.15, 0.2) is 0 Å². The zero-order valence-corrected chi connectivity index (χ0v) is 21.8. The predicted octanol–water partition coefficient (Wildman–Crippen LogP) is 5.37. The minimum Gasteiger partial charge on any atom is -0.353 e. The third-order valence-corrected chi connectivity index (χ3v) is 8.62. The van der Waals surface area contributed by atoms with E-state index in [9.17, 15) is 4.79 Å². The highest BCUT2D eigenvalue weighted by Gasteiger charge is 2.22. The maximum Gasteiger partial charge on any atom is 0.222 e. The number of para-hydroxylation sites is 1. The molecule has 2 fully saturated rings. The number of carbonyl (C=O) groups excluding carboxylic acids is 1. The van der Waals surface area contributed by atoms with Gasteiger partial charge >= 0.3 is 0 Å². The maximum atomic E-state index is 12.6. The van der Waals surface area contributed by atoms with Crippen LogP contribution in [-0.4, -0.2) is 63.9 Å². The summed E-state index contributed by atoms with van der Waals surface area (Å²) in [4.78, 5) is 19.7. The fraction of sp³-hybridized carbons (Fsp3) is 0.448. The third-order valence-electron chi connectivity index (χ3n) is 7.80. The van der Waals surface area contributed by atoms with E-state index in [0.717, 1.165) is 77.4 Å². The lowest BCUT2D eigenvalue weighted by molar-refractivity contribution is -0.132. The first-order valence-electron chi connectivity index (χ1n) is 13.4. The number of aryl methyl sites for hydroxylation is 1. The molecule has 2 aliphatic heterocycles.